The van der Waals surface area contributed by atoms with E-state index in [1.165, 1.54) is 16.0 Å². The zero-order valence-electron chi connectivity index (χ0n) is 16.2. The average Bonchev–Trinajstić information content (AvgIpc) is 3.26. The monoisotopic (exact) mass is 380 g/mol. The van der Waals surface area contributed by atoms with Gasteiger partial charge in [-0.3, -0.25) is 9.69 Å². The molecule has 6 nitrogen and oxygen atoms in total. The molecular weight excluding hydrogens is 356 g/mol. The molecule has 1 unspecified atom stereocenters. The number of urea groups is 1. The Morgan fingerprint density at radius 2 is 1.75 bits per heavy atom. The van der Waals surface area contributed by atoms with Crippen LogP contribution in [0.3, 0.4) is 0 Å². The van der Waals surface area contributed by atoms with Gasteiger partial charge in [-0.15, -0.1) is 0 Å². The van der Waals surface area contributed by atoms with Gasteiger partial charge < -0.3 is 14.8 Å². The number of amides is 3. The average molecular weight is 380 g/mol. The van der Waals surface area contributed by atoms with Crippen molar-refractivity contribution in [3.8, 4) is 11.5 Å². The van der Waals surface area contributed by atoms with Gasteiger partial charge in [0.15, 0.2) is 0 Å². The van der Waals surface area contributed by atoms with Crippen molar-refractivity contribution in [1.29, 1.82) is 0 Å². The number of aryl methyl sites for hydroxylation is 2. The van der Waals surface area contributed by atoms with Crippen LogP contribution in [0.15, 0.2) is 42.5 Å². The molecule has 2 aromatic carbocycles. The number of methoxy groups -OCH3 is 1. The largest absolute Gasteiger partial charge is 0.497 e. The molecule has 2 aliphatic rings. The minimum Gasteiger partial charge on any atom is -0.497 e. The molecule has 3 amide bonds. The number of nitrogens with zero attached hydrogens (tertiary/aromatic N) is 1. The van der Waals surface area contributed by atoms with Crippen LogP contribution in [0.4, 0.5) is 4.79 Å². The lowest BCUT2D eigenvalue weighted by Gasteiger charge is -2.23. The third kappa shape index (κ3) is 3.19. The molecule has 1 heterocycles. The van der Waals surface area contributed by atoms with E-state index in [4.69, 9.17) is 9.47 Å². The van der Waals surface area contributed by atoms with E-state index in [9.17, 15) is 9.59 Å². The first-order valence-electron chi connectivity index (χ1n) is 9.54. The predicted molar refractivity (Wildman–Crippen MR) is 105 cm³/mol. The molecule has 146 valence electrons. The molecule has 1 atom stereocenters. The standard InChI is InChI=1S/C22H24N2O4/c1-22(17-7-6-15-4-3-5-16(15)14-17)20(25)24(21(26)23-22)12-13-28-19-10-8-18(27-2)9-11-19/h6-11,14H,3-5,12-13H2,1-2H3,(H,23,26). The topological polar surface area (TPSA) is 67.9 Å². The van der Waals surface area contributed by atoms with Gasteiger partial charge in [-0.05, 0) is 67.1 Å². The van der Waals surface area contributed by atoms with Crippen LogP contribution >= 0.6 is 0 Å². The number of ether oxygens (including phenoxy) is 2. The summed E-state index contributed by atoms with van der Waals surface area (Å²) in [4.78, 5) is 26.7. The van der Waals surface area contributed by atoms with Crippen molar-refractivity contribution in [1.82, 2.24) is 10.2 Å². The van der Waals surface area contributed by atoms with E-state index in [1.54, 1.807) is 38.3 Å². The van der Waals surface area contributed by atoms with E-state index in [1.807, 2.05) is 6.07 Å². The van der Waals surface area contributed by atoms with Crippen LogP contribution in [0.5, 0.6) is 11.5 Å². The summed E-state index contributed by atoms with van der Waals surface area (Å²) < 4.78 is 10.8. The van der Waals surface area contributed by atoms with Crippen LogP contribution < -0.4 is 14.8 Å². The molecule has 4 rings (SSSR count). The molecule has 1 N–H and O–H groups in total. The maximum absolute atomic E-state index is 13.0. The molecule has 0 bridgehead atoms. The summed E-state index contributed by atoms with van der Waals surface area (Å²) in [5.41, 5.74) is 2.43. The number of nitrogens with one attached hydrogen (secondary N) is 1. The number of rotatable bonds is 6. The van der Waals surface area contributed by atoms with Gasteiger partial charge in [0.05, 0.1) is 13.7 Å². The van der Waals surface area contributed by atoms with Gasteiger partial charge in [-0.25, -0.2) is 4.79 Å². The second-order valence-electron chi connectivity index (χ2n) is 7.37. The predicted octanol–water partition coefficient (Wildman–Crippen LogP) is 3.03. The van der Waals surface area contributed by atoms with Crippen molar-refractivity contribution >= 4 is 11.9 Å². The Hall–Kier alpha value is -3.02. The second-order valence-corrected chi connectivity index (χ2v) is 7.37. The highest BCUT2D eigenvalue weighted by atomic mass is 16.5. The molecule has 0 radical (unpaired) electrons. The molecule has 28 heavy (non-hydrogen) atoms. The SMILES string of the molecule is COc1ccc(OCCN2C(=O)NC(C)(c3ccc4c(c3)CCC4)C2=O)cc1. The van der Waals surface area contributed by atoms with Gasteiger partial charge in [-0.2, -0.15) is 0 Å². The lowest BCUT2D eigenvalue weighted by molar-refractivity contribution is -0.131. The number of benzene rings is 2. The van der Waals surface area contributed by atoms with Crippen LogP contribution in [0.2, 0.25) is 0 Å². The van der Waals surface area contributed by atoms with Gasteiger partial charge >= 0.3 is 6.03 Å². The maximum Gasteiger partial charge on any atom is 0.325 e. The Bertz CT molecular complexity index is 909. The molecule has 0 aromatic heterocycles. The highest BCUT2D eigenvalue weighted by Crippen LogP contribution is 2.32. The van der Waals surface area contributed by atoms with Gasteiger partial charge in [-0.1, -0.05) is 18.2 Å². The molecule has 0 saturated carbocycles. The Balaban J connectivity index is 1.43. The highest BCUT2D eigenvalue weighted by molar-refractivity contribution is 6.07. The fourth-order valence-corrected chi connectivity index (χ4v) is 3.91. The molecule has 1 aliphatic heterocycles. The van der Waals surface area contributed by atoms with Crippen LogP contribution in [-0.2, 0) is 23.2 Å². The fraction of sp³-hybridized carbons (Fsp3) is 0.364. The van der Waals surface area contributed by atoms with Gasteiger partial charge in [0.1, 0.15) is 23.6 Å². The Kier molecular flexibility index (Phi) is 4.71. The zero-order chi connectivity index (χ0) is 19.7. The van der Waals surface area contributed by atoms with E-state index in [0.29, 0.717) is 5.75 Å². The van der Waals surface area contributed by atoms with Crippen molar-refractivity contribution in [3.63, 3.8) is 0 Å². The Morgan fingerprint density at radius 1 is 1.04 bits per heavy atom. The first-order valence-corrected chi connectivity index (χ1v) is 9.54. The van der Waals surface area contributed by atoms with Gasteiger partial charge in [0, 0.05) is 0 Å². The third-order valence-electron chi connectivity index (χ3n) is 5.59. The summed E-state index contributed by atoms with van der Waals surface area (Å²) in [5, 5.41) is 2.87. The Labute approximate surface area is 164 Å². The summed E-state index contributed by atoms with van der Waals surface area (Å²) in [6.07, 6.45) is 3.26. The van der Waals surface area contributed by atoms with E-state index in [2.05, 4.69) is 17.4 Å². The van der Waals surface area contributed by atoms with Crippen molar-refractivity contribution in [2.24, 2.45) is 0 Å². The first kappa shape index (κ1) is 18.3. The number of hydrogen-bond acceptors (Lipinski definition) is 4. The first-order chi connectivity index (χ1) is 13.5. The number of carbonyl (C=O) groups is 2. The minimum atomic E-state index is -1.03. The minimum absolute atomic E-state index is 0.192. The number of fused-ring (bicyclic) bond motifs is 1. The van der Waals surface area contributed by atoms with Crippen LogP contribution in [0, 0.1) is 0 Å². The fourth-order valence-electron chi connectivity index (χ4n) is 3.91. The normalized spacial score (nSPS) is 20.9. The van der Waals surface area contributed by atoms with E-state index < -0.39 is 5.54 Å². The lowest BCUT2D eigenvalue weighted by atomic mass is 9.90. The van der Waals surface area contributed by atoms with Crippen molar-refractivity contribution < 1.29 is 19.1 Å². The molecule has 1 aliphatic carbocycles. The lowest BCUT2D eigenvalue weighted by Crippen LogP contribution is -2.41. The summed E-state index contributed by atoms with van der Waals surface area (Å²) in [5.74, 6) is 1.16. The molecule has 2 aromatic rings. The van der Waals surface area contributed by atoms with Crippen LogP contribution in [0.1, 0.15) is 30.0 Å². The van der Waals surface area contributed by atoms with E-state index >= 15 is 0 Å². The molecule has 1 saturated heterocycles. The van der Waals surface area contributed by atoms with E-state index in [-0.39, 0.29) is 25.1 Å². The van der Waals surface area contributed by atoms with Crippen LogP contribution in [-0.4, -0.2) is 37.1 Å². The number of hydrogen-bond donors (Lipinski definition) is 1. The quantitative estimate of drug-likeness (QED) is 0.783. The summed E-state index contributed by atoms with van der Waals surface area (Å²) >= 11 is 0. The smallest absolute Gasteiger partial charge is 0.325 e. The van der Waals surface area contributed by atoms with Crippen molar-refractivity contribution in [2.45, 2.75) is 31.7 Å². The zero-order valence-corrected chi connectivity index (χ0v) is 16.2. The summed E-state index contributed by atoms with van der Waals surface area (Å²) in [6, 6.07) is 12.9. The van der Waals surface area contributed by atoms with Gasteiger partial charge in [0.25, 0.3) is 5.91 Å². The summed E-state index contributed by atoms with van der Waals surface area (Å²) in [6.45, 7) is 2.19. The molecular formula is C22H24N2O4. The summed E-state index contributed by atoms with van der Waals surface area (Å²) in [7, 11) is 1.60. The molecule has 0 spiro atoms. The number of carbonyl (C=O) groups excluding carboxylic acids is 2. The van der Waals surface area contributed by atoms with Crippen LogP contribution in [0.25, 0.3) is 0 Å². The molecule has 6 heteroatoms. The highest BCUT2D eigenvalue weighted by Gasteiger charge is 2.49. The molecule has 1 fully saturated rings. The van der Waals surface area contributed by atoms with Crippen molar-refractivity contribution in [2.75, 3.05) is 20.3 Å². The Morgan fingerprint density at radius 3 is 2.50 bits per heavy atom. The third-order valence-corrected chi connectivity index (χ3v) is 5.59. The van der Waals surface area contributed by atoms with Gasteiger partial charge in [0.2, 0.25) is 0 Å². The second kappa shape index (κ2) is 7.19. The maximum atomic E-state index is 13.0. The van der Waals surface area contributed by atoms with E-state index in [0.717, 1.165) is 30.6 Å². The van der Waals surface area contributed by atoms with Crippen molar-refractivity contribution in [3.05, 3.63) is 59.2 Å². The number of imide groups is 1.